The molecule has 0 radical (unpaired) electrons. The first kappa shape index (κ1) is 10.00. The van der Waals surface area contributed by atoms with E-state index in [9.17, 15) is 0 Å². The second-order valence-electron chi connectivity index (χ2n) is 4.94. The second-order valence-corrected chi connectivity index (χ2v) is 4.94. The van der Waals surface area contributed by atoms with Gasteiger partial charge in [-0.2, -0.15) is 0 Å². The van der Waals surface area contributed by atoms with Crippen molar-refractivity contribution in [3.05, 3.63) is 42.2 Å². The van der Waals surface area contributed by atoms with Gasteiger partial charge in [0, 0.05) is 24.0 Å². The van der Waals surface area contributed by atoms with Crippen LogP contribution < -0.4 is 10.1 Å². The molecule has 2 heterocycles. The monoisotopic (exact) mass is 241 g/mol. The number of para-hydroxylation sites is 1. The highest BCUT2D eigenvalue weighted by Crippen LogP contribution is 2.39. The van der Waals surface area contributed by atoms with Crippen LogP contribution in [0.5, 0.6) is 5.75 Å². The summed E-state index contributed by atoms with van der Waals surface area (Å²) >= 11 is 0. The maximum atomic E-state index is 5.68. The Labute approximate surface area is 106 Å². The first-order chi connectivity index (χ1) is 8.92. The number of imidazole rings is 1. The number of fused-ring (bicyclic) bond motifs is 1. The van der Waals surface area contributed by atoms with Gasteiger partial charge < -0.3 is 14.6 Å². The normalized spacial score (nSPS) is 21.4. The van der Waals surface area contributed by atoms with Crippen LogP contribution in [-0.4, -0.2) is 16.2 Å². The van der Waals surface area contributed by atoms with Gasteiger partial charge in [0.05, 0.1) is 6.04 Å². The molecule has 1 aromatic carbocycles. The van der Waals surface area contributed by atoms with Crippen molar-refractivity contribution in [1.29, 1.82) is 0 Å². The van der Waals surface area contributed by atoms with Crippen LogP contribution in [-0.2, 0) is 0 Å². The van der Waals surface area contributed by atoms with Crippen LogP contribution in [0, 0.1) is 0 Å². The number of hydrogen-bond donors (Lipinski definition) is 1. The third-order valence-electron chi connectivity index (χ3n) is 3.61. The molecule has 0 saturated heterocycles. The highest BCUT2D eigenvalue weighted by atomic mass is 16.5. The molecule has 4 rings (SSSR count). The average Bonchev–Trinajstić information content (AvgIpc) is 3.01. The van der Waals surface area contributed by atoms with Crippen LogP contribution >= 0.6 is 0 Å². The van der Waals surface area contributed by atoms with E-state index in [4.69, 9.17) is 4.74 Å². The zero-order chi connectivity index (χ0) is 11.9. The van der Waals surface area contributed by atoms with Crippen molar-refractivity contribution >= 4 is 5.95 Å². The van der Waals surface area contributed by atoms with Crippen molar-refractivity contribution in [3.8, 4) is 5.75 Å². The molecule has 1 aromatic heterocycles. The predicted octanol–water partition coefficient (Wildman–Crippen LogP) is 2.76. The number of nitrogens with zero attached hydrogens (tertiary/aromatic N) is 2. The summed E-state index contributed by atoms with van der Waals surface area (Å²) in [4.78, 5) is 4.41. The minimum absolute atomic E-state index is 0.209. The molecule has 1 aliphatic heterocycles. The van der Waals surface area contributed by atoms with Crippen molar-refractivity contribution in [3.63, 3.8) is 0 Å². The molecule has 1 saturated carbocycles. The highest BCUT2D eigenvalue weighted by molar-refractivity contribution is 5.44. The van der Waals surface area contributed by atoms with E-state index in [-0.39, 0.29) is 6.04 Å². The van der Waals surface area contributed by atoms with Crippen LogP contribution in [0.2, 0.25) is 0 Å². The summed E-state index contributed by atoms with van der Waals surface area (Å²) in [5, 5.41) is 3.49. The van der Waals surface area contributed by atoms with Gasteiger partial charge in [-0.3, -0.25) is 0 Å². The molecular weight excluding hydrogens is 226 g/mol. The molecule has 4 heteroatoms. The van der Waals surface area contributed by atoms with E-state index < -0.39 is 0 Å². The summed E-state index contributed by atoms with van der Waals surface area (Å²) in [6.07, 6.45) is 6.45. The number of nitrogens with one attached hydrogen (secondary N) is 1. The van der Waals surface area contributed by atoms with Crippen LogP contribution in [0.3, 0.4) is 0 Å². The summed E-state index contributed by atoms with van der Waals surface area (Å²) in [7, 11) is 0. The lowest BCUT2D eigenvalue weighted by Crippen LogP contribution is -2.15. The fourth-order valence-corrected chi connectivity index (χ4v) is 2.51. The molecule has 2 aliphatic rings. The van der Waals surface area contributed by atoms with E-state index in [0.29, 0.717) is 12.6 Å². The quantitative estimate of drug-likeness (QED) is 0.898. The number of benzene rings is 1. The van der Waals surface area contributed by atoms with Crippen LogP contribution in [0.15, 0.2) is 36.7 Å². The van der Waals surface area contributed by atoms with Crippen molar-refractivity contribution in [2.75, 3.05) is 11.9 Å². The Balaban J connectivity index is 1.60. The molecule has 0 amide bonds. The molecule has 18 heavy (non-hydrogen) atoms. The molecular formula is C14H15N3O. The Bertz CT molecular complexity index is 574. The van der Waals surface area contributed by atoms with E-state index in [1.54, 1.807) is 0 Å². The molecule has 0 bridgehead atoms. The number of rotatable bonds is 3. The Morgan fingerprint density at radius 2 is 2.17 bits per heavy atom. The molecule has 2 aromatic rings. The lowest BCUT2D eigenvalue weighted by atomic mass is 10.1. The van der Waals surface area contributed by atoms with Gasteiger partial charge in [-0.15, -0.1) is 0 Å². The lowest BCUT2D eigenvalue weighted by Gasteiger charge is -2.14. The minimum Gasteiger partial charge on any atom is -0.491 e. The first-order valence-corrected chi connectivity index (χ1v) is 6.43. The fraction of sp³-hybridized carbons (Fsp3) is 0.357. The van der Waals surface area contributed by atoms with Gasteiger partial charge in [0.1, 0.15) is 12.4 Å². The highest BCUT2D eigenvalue weighted by Gasteiger charge is 2.28. The van der Waals surface area contributed by atoms with Gasteiger partial charge in [-0.05, 0) is 18.9 Å². The van der Waals surface area contributed by atoms with Crippen LogP contribution in [0.4, 0.5) is 5.95 Å². The smallest absolute Gasteiger partial charge is 0.203 e. The van der Waals surface area contributed by atoms with E-state index in [0.717, 1.165) is 11.7 Å². The van der Waals surface area contributed by atoms with Gasteiger partial charge in [-0.1, -0.05) is 18.2 Å². The summed E-state index contributed by atoms with van der Waals surface area (Å²) in [6, 6.07) is 9.05. The summed E-state index contributed by atoms with van der Waals surface area (Å²) in [5.74, 6) is 1.95. The first-order valence-electron chi connectivity index (χ1n) is 6.43. The maximum absolute atomic E-state index is 5.68. The van der Waals surface area contributed by atoms with Crippen molar-refractivity contribution in [1.82, 2.24) is 9.55 Å². The molecule has 1 atom stereocenters. The summed E-state index contributed by atoms with van der Waals surface area (Å²) < 4.78 is 7.91. The molecule has 92 valence electrons. The standard InChI is InChI=1S/C14H15N3O/c1-2-4-13-11(3-1)12(9-18-13)16-14-15-7-8-17(14)10-5-6-10/h1-4,7-8,10,12H,5-6,9H2,(H,15,16). The average molecular weight is 241 g/mol. The molecule has 1 unspecified atom stereocenters. The Hall–Kier alpha value is -1.97. The molecule has 4 nitrogen and oxygen atoms in total. The largest absolute Gasteiger partial charge is 0.491 e. The van der Waals surface area contributed by atoms with Gasteiger partial charge >= 0.3 is 0 Å². The lowest BCUT2D eigenvalue weighted by molar-refractivity contribution is 0.339. The third kappa shape index (κ3) is 1.56. The SMILES string of the molecule is c1ccc2c(c1)OCC2Nc1nccn1C1CC1. The molecule has 0 spiro atoms. The van der Waals surface area contributed by atoms with E-state index >= 15 is 0 Å². The summed E-state index contributed by atoms with van der Waals surface area (Å²) in [6.45, 7) is 0.677. The zero-order valence-corrected chi connectivity index (χ0v) is 10.0. The number of ether oxygens (including phenoxy) is 1. The van der Waals surface area contributed by atoms with Gasteiger partial charge in [0.15, 0.2) is 0 Å². The van der Waals surface area contributed by atoms with Crippen molar-refractivity contribution in [2.45, 2.75) is 24.9 Å². The number of aromatic nitrogens is 2. The fourth-order valence-electron chi connectivity index (χ4n) is 2.51. The second kappa shape index (κ2) is 3.77. The summed E-state index contributed by atoms with van der Waals surface area (Å²) in [5.41, 5.74) is 1.22. The predicted molar refractivity (Wildman–Crippen MR) is 68.8 cm³/mol. The third-order valence-corrected chi connectivity index (χ3v) is 3.61. The van der Waals surface area contributed by atoms with Crippen molar-refractivity contribution < 1.29 is 4.74 Å². The number of hydrogen-bond acceptors (Lipinski definition) is 3. The van der Waals surface area contributed by atoms with Crippen LogP contribution in [0.25, 0.3) is 0 Å². The van der Waals surface area contributed by atoms with Crippen molar-refractivity contribution in [2.24, 2.45) is 0 Å². The van der Waals surface area contributed by atoms with E-state index in [1.165, 1.54) is 18.4 Å². The number of anilines is 1. The minimum atomic E-state index is 0.209. The van der Waals surface area contributed by atoms with Gasteiger partial charge in [0.25, 0.3) is 0 Å². The van der Waals surface area contributed by atoms with Gasteiger partial charge in [-0.25, -0.2) is 4.98 Å². The Kier molecular flexibility index (Phi) is 2.09. The molecule has 1 aliphatic carbocycles. The topological polar surface area (TPSA) is 39.1 Å². The van der Waals surface area contributed by atoms with E-state index in [2.05, 4.69) is 33.2 Å². The zero-order valence-electron chi connectivity index (χ0n) is 10.0. The van der Waals surface area contributed by atoms with Crippen LogP contribution in [0.1, 0.15) is 30.5 Å². The maximum Gasteiger partial charge on any atom is 0.203 e. The van der Waals surface area contributed by atoms with Gasteiger partial charge in [0.2, 0.25) is 5.95 Å². The Morgan fingerprint density at radius 1 is 1.28 bits per heavy atom. The molecule has 1 N–H and O–H groups in total. The molecule has 1 fully saturated rings. The Morgan fingerprint density at radius 3 is 3.06 bits per heavy atom. The van der Waals surface area contributed by atoms with E-state index in [1.807, 2.05) is 18.3 Å².